The molecule has 0 bridgehead atoms. The van der Waals surface area contributed by atoms with Gasteiger partial charge in [0, 0.05) is 24.4 Å². The molecule has 0 aromatic carbocycles. The smallest absolute Gasteiger partial charge is 0.251 e. The van der Waals surface area contributed by atoms with Gasteiger partial charge in [-0.25, -0.2) is 9.97 Å². The Labute approximate surface area is 155 Å². The van der Waals surface area contributed by atoms with E-state index in [1.165, 1.54) is 0 Å². The molecule has 4 aromatic heterocycles. The van der Waals surface area contributed by atoms with Crippen molar-refractivity contribution in [3.8, 4) is 34.0 Å². The number of hydrogen-bond donors (Lipinski definition) is 1. The highest BCUT2D eigenvalue weighted by Crippen LogP contribution is 2.38. The van der Waals surface area contributed by atoms with Crippen molar-refractivity contribution in [1.29, 1.82) is 0 Å². The molecule has 4 rings (SSSR count). The Balaban J connectivity index is 2.00. The molecule has 0 aliphatic carbocycles. The summed E-state index contributed by atoms with van der Waals surface area (Å²) in [5.41, 5.74) is 8.16. The fourth-order valence-corrected chi connectivity index (χ4v) is 3.02. The minimum Gasteiger partial charge on any atom is -0.463 e. The first kappa shape index (κ1) is 16.8. The highest BCUT2D eigenvalue weighted by molar-refractivity contribution is 5.89. The van der Waals surface area contributed by atoms with Crippen molar-refractivity contribution in [1.82, 2.24) is 14.5 Å². The Kier molecular flexibility index (Phi) is 4.33. The van der Waals surface area contributed by atoms with Gasteiger partial charge in [-0.3, -0.25) is 4.79 Å². The van der Waals surface area contributed by atoms with E-state index in [0.29, 0.717) is 40.6 Å². The van der Waals surface area contributed by atoms with Crippen LogP contribution in [0, 0.1) is 0 Å². The number of nitrogen functional groups attached to an aromatic ring is 1. The standard InChI is InChI=1S/C20H18N4O3/c1-2-8-24-9-7-13(12-16(24)25)17-18(14-5-3-10-26-14)22-20(21)23-19(17)15-6-4-11-27-15/h3-7,9-12H,2,8H2,1H3,(H2,21,22,23). The van der Waals surface area contributed by atoms with Crippen LogP contribution in [-0.4, -0.2) is 14.5 Å². The summed E-state index contributed by atoms with van der Waals surface area (Å²) in [5, 5.41) is 0. The number of nitrogens with two attached hydrogens (primary N) is 1. The van der Waals surface area contributed by atoms with Gasteiger partial charge in [0.05, 0.1) is 12.5 Å². The van der Waals surface area contributed by atoms with Crippen molar-refractivity contribution in [2.24, 2.45) is 0 Å². The number of aryl methyl sites for hydroxylation is 1. The third-order valence-electron chi connectivity index (χ3n) is 4.18. The second-order valence-corrected chi connectivity index (χ2v) is 6.06. The predicted molar refractivity (Wildman–Crippen MR) is 102 cm³/mol. The van der Waals surface area contributed by atoms with Crippen molar-refractivity contribution in [3.05, 3.63) is 65.5 Å². The summed E-state index contributed by atoms with van der Waals surface area (Å²) in [6.07, 6.45) is 5.77. The number of furan rings is 2. The van der Waals surface area contributed by atoms with Gasteiger partial charge in [-0.2, -0.15) is 0 Å². The maximum absolute atomic E-state index is 12.5. The topological polar surface area (TPSA) is 100 Å². The summed E-state index contributed by atoms with van der Waals surface area (Å²) in [4.78, 5) is 21.3. The summed E-state index contributed by atoms with van der Waals surface area (Å²) in [5.74, 6) is 1.16. The third kappa shape index (κ3) is 3.15. The van der Waals surface area contributed by atoms with Crippen molar-refractivity contribution in [3.63, 3.8) is 0 Å². The summed E-state index contributed by atoms with van der Waals surface area (Å²) in [6.45, 7) is 2.69. The second-order valence-electron chi connectivity index (χ2n) is 6.06. The van der Waals surface area contributed by atoms with Crippen LogP contribution in [0.3, 0.4) is 0 Å². The van der Waals surface area contributed by atoms with Crippen LogP contribution in [0.15, 0.2) is 68.8 Å². The number of nitrogens with zero attached hydrogens (tertiary/aromatic N) is 3. The average Bonchev–Trinajstić information content (AvgIpc) is 3.37. The van der Waals surface area contributed by atoms with Crippen molar-refractivity contribution in [2.45, 2.75) is 19.9 Å². The molecule has 0 radical (unpaired) electrons. The lowest BCUT2D eigenvalue weighted by atomic mass is 10.00. The molecule has 0 unspecified atom stereocenters. The van der Waals surface area contributed by atoms with E-state index in [-0.39, 0.29) is 11.5 Å². The van der Waals surface area contributed by atoms with E-state index >= 15 is 0 Å². The van der Waals surface area contributed by atoms with Crippen LogP contribution in [-0.2, 0) is 6.54 Å². The van der Waals surface area contributed by atoms with E-state index in [0.717, 1.165) is 6.42 Å². The van der Waals surface area contributed by atoms with Gasteiger partial charge in [0.1, 0.15) is 11.4 Å². The summed E-state index contributed by atoms with van der Waals surface area (Å²) in [7, 11) is 0. The maximum atomic E-state index is 12.5. The fourth-order valence-electron chi connectivity index (χ4n) is 3.02. The molecule has 136 valence electrons. The molecule has 7 nitrogen and oxygen atoms in total. The minimum atomic E-state index is -0.0954. The molecule has 0 fully saturated rings. The molecule has 7 heteroatoms. The van der Waals surface area contributed by atoms with Gasteiger partial charge in [-0.1, -0.05) is 6.92 Å². The molecule has 0 atom stereocenters. The fraction of sp³-hybridized carbons (Fsp3) is 0.150. The van der Waals surface area contributed by atoms with Gasteiger partial charge in [-0.05, 0) is 42.3 Å². The molecule has 4 heterocycles. The van der Waals surface area contributed by atoms with Crippen LogP contribution in [0.4, 0.5) is 5.95 Å². The maximum Gasteiger partial charge on any atom is 0.251 e. The van der Waals surface area contributed by atoms with Crippen LogP contribution < -0.4 is 11.3 Å². The van der Waals surface area contributed by atoms with E-state index in [1.54, 1.807) is 53.6 Å². The van der Waals surface area contributed by atoms with E-state index in [4.69, 9.17) is 14.6 Å². The van der Waals surface area contributed by atoms with Gasteiger partial charge < -0.3 is 19.1 Å². The second kappa shape index (κ2) is 6.95. The molecule has 2 N–H and O–H groups in total. The Hall–Kier alpha value is -3.61. The van der Waals surface area contributed by atoms with Crippen molar-refractivity contribution >= 4 is 5.95 Å². The first-order valence-electron chi connectivity index (χ1n) is 8.63. The van der Waals surface area contributed by atoms with Gasteiger partial charge in [-0.15, -0.1) is 0 Å². The number of pyridine rings is 1. The largest absolute Gasteiger partial charge is 0.463 e. The Morgan fingerprint density at radius 3 is 2.15 bits per heavy atom. The average molecular weight is 362 g/mol. The number of aromatic nitrogens is 3. The zero-order valence-electron chi connectivity index (χ0n) is 14.8. The molecule has 0 aliphatic rings. The lowest BCUT2D eigenvalue weighted by Crippen LogP contribution is -2.18. The molecule has 0 saturated carbocycles. The van der Waals surface area contributed by atoms with Crippen LogP contribution >= 0.6 is 0 Å². The molecular formula is C20H18N4O3. The SMILES string of the molecule is CCCn1ccc(-c2c(-c3ccco3)nc(N)nc2-c2ccco2)cc1=O. The van der Waals surface area contributed by atoms with Gasteiger partial charge in [0.2, 0.25) is 5.95 Å². The highest BCUT2D eigenvalue weighted by atomic mass is 16.3. The van der Waals surface area contributed by atoms with Gasteiger partial charge in [0.25, 0.3) is 5.56 Å². The first-order valence-corrected chi connectivity index (χ1v) is 8.63. The minimum absolute atomic E-state index is 0.0934. The molecule has 0 aliphatic heterocycles. The normalized spacial score (nSPS) is 11.0. The summed E-state index contributed by atoms with van der Waals surface area (Å²) >= 11 is 0. The van der Waals surface area contributed by atoms with E-state index in [2.05, 4.69) is 9.97 Å². The van der Waals surface area contributed by atoms with Crippen LogP contribution in [0.1, 0.15) is 13.3 Å². The molecular weight excluding hydrogens is 344 g/mol. The molecule has 0 spiro atoms. The lowest BCUT2D eigenvalue weighted by Gasteiger charge is -2.13. The van der Waals surface area contributed by atoms with Crippen LogP contribution in [0.25, 0.3) is 34.0 Å². The van der Waals surface area contributed by atoms with E-state index in [9.17, 15) is 4.79 Å². The Morgan fingerprint density at radius 1 is 1.04 bits per heavy atom. The lowest BCUT2D eigenvalue weighted by molar-refractivity contribution is 0.577. The van der Waals surface area contributed by atoms with Crippen LogP contribution in [0.2, 0.25) is 0 Å². The predicted octanol–water partition coefficient (Wildman–Crippen LogP) is 3.82. The van der Waals surface area contributed by atoms with Gasteiger partial charge in [0.15, 0.2) is 11.5 Å². The molecule has 0 saturated heterocycles. The van der Waals surface area contributed by atoms with Crippen molar-refractivity contribution in [2.75, 3.05) is 5.73 Å². The molecule has 27 heavy (non-hydrogen) atoms. The molecule has 4 aromatic rings. The van der Waals surface area contributed by atoms with Crippen molar-refractivity contribution < 1.29 is 8.83 Å². The number of rotatable bonds is 5. The number of anilines is 1. The zero-order valence-corrected chi connectivity index (χ0v) is 14.8. The van der Waals surface area contributed by atoms with E-state index < -0.39 is 0 Å². The Morgan fingerprint density at radius 2 is 1.67 bits per heavy atom. The summed E-state index contributed by atoms with van der Waals surface area (Å²) in [6, 6.07) is 10.5. The zero-order chi connectivity index (χ0) is 18.8. The quantitative estimate of drug-likeness (QED) is 0.579. The van der Waals surface area contributed by atoms with Crippen LogP contribution in [0.5, 0.6) is 0 Å². The molecule has 0 amide bonds. The third-order valence-corrected chi connectivity index (χ3v) is 4.18. The first-order chi connectivity index (χ1) is 13.2. The number of hydrogen-bond acceptors (Lipinski definition) is 6. The highest BCUT2D eigenvalue weighted by Gasteiger charge is 2.22. The Bertz CT molecular complexity index is 1060. The summed E-state index contributed by atoms with van der Waals surface area (Å²) < 4.78 is 12.8. The van der Waals surface area contributed by atoms with E-state index in [1.807, 2.05) is 13.0 Å². The monoisotopic (exact) mass is 362 g/mol. The van der Waals surface area contributed by atoms with Gasteiger partial charge >= 0.3 is 0 Å².